The molecule has 0 atom stereocenters. The maximum atomic E-state index is 2.53. The molecule has 0 amide bonds. The van der Waals surface area contributed by atoms with Crippen molar-refractivity contribution in [2.75, 3.05) is 0 Å². The Morgan fingerprint density at radius 3 is 1.64 bits per heavy atom. The van der Waals surface area contributed by atoms with Crippen LogP contribution in [-0.2, 0) is 0 Å². The van der Waals surface area contributed by atoms with Gasteiger partial charge in [0.05, 0.1) is 8.07 Å². The van der Waals surface area contributed by atoms with Crippen LogP contribution in [0.4, 0.5) is 0 Å². The Bertz CT molecular complexity index is 167. The van der Waals surface area contributed by atoms with Crippen molar-refractivity contribution in [3.8, 4) is 0 Å². The topological polar surface area (TPSA) is 0 Å². The third kappa shape index (κ3) is 5.39. The van der Waals surface area contributed by atoms with E-state index in [0.29, 0.717) is 0 Å². The van der Waals surface area contributed by atoms with Gasteiger partial charge in [-0.3, -0.25) is 0 Å². The SMILES string of the molecule is C[CH2][Al-]([CH2]C)([CH2]C)[CH2]/C=C/[Si](C)(C)C. The Hall–Kier alpha value is 0.489. The lowest BCUT2D eigenvalue weighted by molar-refractivity contribution is 1.14. The van der Waals surface area contributed by atoms with Gasteiger partial charge in [0.1, 0.15) is 13.1 Å². The summed E-state index contributed by atoms with van der Waals surface area (Å²) in [5.41, 5.74) is 2.53. The summed E-state index contributed by atoms with van der Waals surface area (Å²) in [5, 5.41) is 5.89. The number of rotatable bonds is 6. The standard InChI is InChI=1S/C6H13Si.3C2H5.Al/c1-5-6-7(2,3)4;3*1-2;/h5-6H,1H2,2-4H3;3*1H2,2H3;/q;;;;-1/b6-5+;;;;. The third-order valence-corrected chi connectivity index (χ3v) is 11.6. The van der Waals surface area contributed by atoms with E-state index >= 15 is 0 Å². The van der Waals surface area contributed by atoms with E-state index in [2.05, 4.69) is 52.2 Å². The molecule has 0 unspecified atom stereocenters. The second-order valence-corrected chi connectivity index (χ2v) is 17.4. The molecule has 0 aliphatic carbocycles. The first-order valence-corrected chi connectivity index (χ1v) is 13.1. The van der Waals surface area contributed by atoms with Gasteiger partial charge in [-0.05, 0) is 0 Å². The molecule has 0 fully saturated rings. The largest absolute Gasteiger partial charge is 0.194 e. The lowest BCUT2D eigenvalue weighted by atomic mass is 10.7. The zero-order chi connectivity index (χ0) is 11.2. The summed E-state index contributed by atoms with van der Waals surface area (Å²) in [5.74, 6) is 0. The molecule has 14 heavy (non-hydrogen) atoms. The fraction of sp³-hybridized carbons (Fsp3) is 0.833. The normalized spacial score (nSPS) is 13.9. The minimum Gasteiger partial charge on any atom is -0.194 e. The monoisotopic (exact) mass is 227 g/mol. The molecular weight excluding hydrogens is 199 g/mol. The molecule has 0 saturated heterocycles. The van der Waals surface area contributed by atoms with Gasteiger partial charge in [-0.2, -0.15) is 21.1 Å². The number of hydrogen-bond acceptors (Lipinski definition) is 0. The summed E-state index contributed by atoms with van der Waals surface area (Å²) < 4.78 is 0. The fourth-order valence-corrected chi connectivity index (χ4v) is 6.64. The van der Waals surface area contributed by atoms with Crippen molar-refractivity contribution in [2.45, 2.75) is 61.5 Å². The Morgan fingerprint density at radius 1 is 0.929 bits per heavy atom. The average Bonchev–Trinajstić information content (AvgIpc) is 2.11. The number of allylic oxidation sites excluding steroid dienone is 1. The van der Waals surface area contributed by atoms with E-state index in [1.165, 1.54) is 21.1 Å². The predicted molar refractivity (Wildman–Crippen MR) is 74.5 cm³/mol. The zero-order valence-electron chi connectivity index (χ0n) is 11.1. The molecule has 0 saturated carbocycles. The maximum absolute atomic E-state index is 2.53. The van der Waals surface area contributed by atoms with Gasteiger partial charge in [-0.1, -0.05) is 19.6 Å². The van der Waals surface area contributed by atoms with Crippen LogP contribution in [0.1, 0.15) is 20.8 Å². The van der Waals surface area contributed by atoms with Gasteiger partial charge >= 0.3 is 0 Å². The van der Waals surface area contributed by atoms with Gasteiger partial charge in [0.25, 0.3) is 0 Å². The summed E-state index contributed by atoms with van der Waals surface area (Å²) >= 11 is -1.17. The Kier molecular flexibility index (Phi) is 6.37. The number of hydrogen-bond donors (Lipinski definition) is 0. The molecule has 2 heteroatoms. The Balaban J connectivity index is 4.26. The molecule has 0 heterocycles. The molecule has 0 bridgehead atoms. The second-order valence-electron chi connectivity index (χ2n) is 5.96. The molecule has 0 aliphatic rings. The summed E-state index contributed by atoms with van der Waals surface area (Å²) in [6, 6.07) is 0. The highest BCUT2D eigenvalue weighted by molar-refractivity contribution is 6.82. The van der Waals surface area contributed by atoms with Crippen LogP contribution in [-0.4, -0.2) is 21.2 Å². The Morgan fingerprint density at radius 2 is 1.36 bits per heavy atom. The van der Waals surface area contributed by atoms with Crippen LogP contribution in [0.3, 0.4) is 0 Å². The van der Waals surface area contributed by atoms with E-state index in [0.717, 1.165) is 0 Å². The molecule has 0 radical (unpaired) electrons. The quantitative estimate of drug-likeness (QED) is 0.564. The van der Waals surface area contributed by atoms with Crippen LogP contribution >= 0.6 is 0 Å². The van der Waals surface area contributed by atoms with Crippen LogP contribution in [0.25, 0.3) is 0 Å². The van der Waals surface area contributed by atoms with E-state index in [1.54, 1.807) is 0 Å². The summed E-state index contributed by atoms with van der Waals surface area (Å²) in [6.45, 7) is 14.5. The molecule has 0 aliphatic heterocycles. The lowest BCUT2D eigenvalue weighted by Crippen LogP contribution is -2.30. The van der Waals surface area contributed by atoms with Crippen LogP contribution in [0.15, 0.2) is 11.8 Å². The zero-order valence-corrected chi connectivity index (χ0v) is 13.2. The van der Waals surface area contributed by atoms with Crippen LogP contribution in [0.5, 0.6) is 0 Å². The van der Waals surface area contributed by atoms with Gasteiger partial charge in [-0.15, -0.1) is 32.5 Å². The van der Waals surface area contributed by atoms with Crippen molar-refractivity contribution < 1.29 is 0 Å². The van der Waals surface area contributed by atoms with E-state index in [1.807, 2.05) is 0 Å². The van der Waals surface area contributed by atoms with Crippen LogP contribution in [0.2, 0.25) is 40.8 Å². The first kappa shape index (κ1) is 14.5. The van der Waals surface area contributed by atoms with Crippen molar-refractivity contribution in [3.63, 3.8) is 0 Å². The van der Waals surface area contributed by atoms with Crippen molar-refractivity contribution in [2.24, 2.45) is 0 Å². The highest BCUT2D eigenvalue weighted by Gasteiger charge is 2.21. The molecular formula is C12H28AlSi-. The van der Waals surface area contributed by atoms with E-state index < -0.39 is 21.2 Å². The van der Waals surface area contributed by atoms with E-state index in [4.69, 9.17) is 0 Å². The average molecular weight is 227 g/mol. The third-order valence-electron chi connectivity index (χ3n) is 3.85. The first-order chi connectivity index (χ1) is 6.39. The van der Waals surface area contributed by atoms with E-state index in [-0.39, 0.29) is 0 Å². The van der Waals surface area contributed by atoms with Gasteiger partial charge in [0.2, 0.25) is 0 Å². The highest BCUT2D eigenvalue weighted by Crippen LogP contribution is 2.25. The van der Waals surface area contributed by atoms with Crippen molar-refractivity contribution in [1.82, 2.24) is 0 Å². The summed E-state index contributed by atoms with van der Waals surface area (Å²) in [4.78, 5) is 0. The van der Waals surface area contributed by atoms with Crippen molar-refractivity contribution >= 4 is 21.2 Å². The fourth-order valence-electron chi connectivity index (χ4n) is 2.08. The van der Waals surface area contributed by atoms with E-state index in [9.17, 15) is 0 Å². The van der Waals surface area contributed by atoms with Crippen molar-refractivity contribution in [1.29, 1.82) is 0 Å². The highest BCUT2D eigenvalue weighted by atomic mass is 28.3. The second kappa shape index (κ2) is 6.15. The van der Waals surface area contributed by atoms with Crippen LogP contribution in [0, 0.1) is 0 Å². The predicted octanol–water partition coefficient (Wildman–Crippen LogP) is 4.93. The minimum absolute atomic E-state index is 0.949. The smallest absolute Gasteiger partial charge is 0.137 e. The molecule has 0 aromatic carbocycles. The van der Waals surface area contributed by atoms with Gasteiger partial charge in [0, 0.05) is 0 Å². The van der Waals surface area contributed by atoms with Crippen molar-refractivity contribution in [3.05, 3.63) is 11.8 Å². The molecule has 0 aromatic rings. The van der Waals surface area contributed by atoms with Gasteiger partial charge in [0.15, 0.2) is 0 Å². The van der Waals surface area contributed by atoms with Gasteiger partial charge in [-0.25, -0.2) is 0 Å². The molecule has 0 rings (SSSR count). The minimum atomic E-state index is -1.17. The summed E-state index contributed by atoms with van der Waals surface area (Å²) in [7, 11) is -0.949. The van der Waals surface area contributed by atoms with Gasteiger partial charge < -0.3 is 0 Å². The molecule has 0 N–H and O–H groups in total. The molecule has 0 spiro atoms. The molecule has 84 valence electrons. The Labute approximate surface area is 94.5 Å². The first-order valence-electron chi connectivity index (χ1n) is 6.28. The molecule has 0 aromatic heterocycles. The molecule has 0 nitrogen and oxygen atoms in total. The lowest BCUT2D eigenvalue weighted by Gasteiger charge is -2.31. The maximum Gasteiger partial charge on any atom is 0.137 e. The summed E-state index contributed by atoms with van der Waals surface area (Å²) in [6.07, 6.45) is 2.52. The van der Waals surface area contributed by atoms with Crippen LogP contribution < -0.4 is 0 Å².